The molecule has 1 atom stereocenters. The van der Waals surface area contributed by atoms with E-state index in [9.17, 15) is 0 Å². The number of hydrogen-bond donors (Lipinski definition) is 2. The normalized spacial score (nSPS) is 11.8. The van der Waals surface area contributed by atoms with Gasteiger partial charge in [0.2, 0.25) is 0 Å². The summed E-state index contributed by atoms with van der Waals surface area (Å²) in [5, 5.41) is 12.0. The fourth-order valence-corrected chi connectivity index (χ4v) is 1.61. The predicted molar refractivity (Wildman–Crippen MR) is 66.3 cm³/mol. The van der Waals surface area contributed by atoms with Gasteiger partial charge in [0, 0.05) is 0 Å². The lowest BCUT2D eigenvalue weighted by molar-refractivity contribution is 0.490. The van der Waals surface area contributed by atoms with Gasteiger partial charge in [0.25, 0.3) is 0 Å². The number of nitrogens with one attached hydrogen (secondary N) is 1. The molecule has 1 unspecified atom stereocenters. The number of nitrogens with zero attached hydrogens (tertiary/aromatic N) is 1. The second kappa shape index (κ2) is 4.62. The predicted octanol–water partition coefficient (Wildman–Crippen LogP) is 2.91. The number of benzene rings is 1. The summed E-state index contributed by atoms with van der Waals surface area (Å²) in [5.41, 5.74) is 7.77. The number of rotatable bonds is 3. The van der Waals surface area contributed by atoms with Gasteiger partial charge in [-0.05, 0) is 37.3 Å². The lowest BCUT2D eigenvalue weighted by Gasteiger charge is -2.14. The van der Waals surface area contributed by atoms with Gasteiger partial charge in [-0.15, -0.1) is 0 Å². The first kappa shape index (κ1) is 11.1. The van der Waals surface area contributed by atoms with Crippen molar-refractivity contribution in [3.8, 4) is 6.07 Å². The Kier molecular flexibility index (Phi) is 3.01. The van der Waals surface area contributed by atoms with Crippen LogP contribution < -0.4 is 11.1 Å². The van der Waals surface area contributed by atoms with Gasteiger partial charge in [0.15, 0.2) is 0 Å². The Hall–Kier alpha value is -2.41. The number of furan rings is 1. The largest absolute Gasteiger partial charge is 0.467 e. The smallest absolute Gasteiger partial charge is 0.125 e. The van der Waals surface area contributed by atoms with E-state index >= 15 is 0 Å². The molecule has 0 spiro atoms. The van der Waals surface area contributed by atoms with E-state index in [1.165, 1.54) is 0 Å². The molecule has 4 nitrogen and oxygen atoms in total. The van der Waals surface area contributed by atoms with Gasteiger partial charge in [0.05, 0.1) is 35.3 Å². The Labute approximate surface area is 99.7 Å². The standard InChI is InChI=1S/C13H13N3O/c1-9(13-3-2-6-17-13)16-12-5-4-10(8-14)7-11(12)15/h2-7,9,16H,15H2,1H3. The summed E-state index contributed by atoms with van der Waals surface area (Å²) in [7, 11) is 0. The minimum Gasteiger partial charge on any atom is -0.467 e. The molecule has 4 heteroatoms. The number of nitriles is 1. The van der Waals surface area contributed by atoms with Gasteiger partial charge >= 0.3 is 0 Å². The number of anilines is 2. The maximum absolute atomic E-state index is 8.74. The molecule has 0 saturated heterocycles. The van der Waals surface area contributed by atoms with Crippen LogP contribution in [0.3, 0.4) is 0 Å². The Balaban J connectivity index is 2.17. The number of nitrogen functional groups attached to an aromatic ring is 1. The van der Waals surface area contributed by atoms with E-state index in [0.29, 0.717) is 11.3 Å². The molecule has 0 aliphatic heterocycles. The molecule has 0 fully saturated rings. The van der Waals surface area contributed by atoms with Gasteiger partial charge in [-0.3, -0.25) is 0 Å². The molecule has 3 N–H and O–H groups in total. The molecule has 17 heavy (non-hydrogen) atoms. The van der Waals surface area contributed by atoms with E-state index in [0.717, 1.165) is 11.4 Å². The maximum Gasteiger partial charge on any atom is 0.125 e. The first-order valence-electron chi connectivity index (χ1n) is 5.30. The molecule has 0 bridgehead atoms. The highest BCUT2D eigenvalue weighted by atomic mass is 16.3. The van der Waals surface area contributed by atoms with Crippen molar-refractivity contribution in [2.75, 3.05) is 11.1 Å². The minimum atomic E-state index is 0.0280. The summed E-state index contributed by atoms with van der Waals surface area (Å²) in [4.78, 5) is 0. The van der Waals surface area contributed by atoms with Crippen molar-refractivity contribution in [1.82, 2.24) is 0 Å². The molecule has 0 radical (unpaired) electrons. The van der Waals surface area contributed by atoms with Gasteiger partial charge in [0.1, 0.15) is 5.76 Å². The van der Waals surface area contributed by atoms with E-state index in [2.05, 4.69) is 5.32 Å². The highest BCUT2D eigenvalue weighted by Gasteiger charge is 2.09. The minimum absolute atomic E-state index is 0.0280. The van der Waals surface area contributed by atoms with Crippen LogP contribution in [0.25, 0.3) is 0 Å². The van der Waals surface area contributed by atoms with Gasteiger partial charge in [-0.2, -0.15) is 5.26 Å². The number of nitrogens with two attached hydrogens (primary N) is 1. The second-order valence-corrected chi connectivity index (χ2v) is 3.80. The van der Waals surface area contributed by atoms with Crippen LogP contribution in [0, 0.1) is 11.3 Å². The van der Waals surface area contributed by atoms with Crippen molar-refractivity contribution in [3.05, 3.63) is 47.9 Å². The van der Waals surface area contributed by atoms with Crippen molar-refractivity contribution in [3.63, 3.8) is 0 Å². The monoisotopic (exact) mass is 227 g/mol. The molecular weight excluding hydrogens is 214 g/mol. The highest BCUT2D eigenvalue weighted by Crippen LogP contribution is 2.25. The summed E-state index contributed by atoms with van der Waals surface area (Å²) in [5.74, 6) is 0.841. The zero-order valence-corrected chi connectivity index (χ0v) is 9.47. The van der Waals surface area contributed by atoms with Crippen LogP contribution in [0.2, 0.25) is 0 Å². The van der Waals surface area contributed by atoms with Crippen molar-refractivity contribution in [2.24, 2.45) is 0 Å². The van der Waals surface area contributed by atoms with Crippen LogP contribution in [0.15, 0.2) is 41.0 Å². The Morgan fingerprint density at radius 1 is 1.41 bits per heavy atom. The highest BCUT2D eigenvalue weighted by molar-refractivity contribution is 5.68. The van der Waals surface area contributed by atoms with Crippen LogP contribution >= 0.6 is 0 Å². The zero-order valence-electron chi connectivity index (χ0n) is 9.47. The Morgan fingerprint density at radius 2 is 2.24 bits per heavy atom. The molecule has 1 heterocycles. The van der Waals surface area contributed by atoms with E-state index in [-0.39, 0.29) is 6.04 Å². The topological polar surface area (TPSA) is 75.0 Å². The molecule has 86 valence electrons. The van der Waals surface area contributed by atoms with E-state index in [4.69, 9.17) is 15.4 Å². The Morgan fingerprint density at radius 3 is 2.82 bits per heavy atom. The fraction of sp³-hybridized carbons (Fsp3) is 0.154. The third-order valence-electron chi connectivity index (χ3n) is 2.52. The van der Waals surface area contributed by atoms with E-state index in [1.807, 2.05) is 25.1 Å². The molecule has 2 aromatic rings. The third kappa shape index (κ3) is 2.40. The molecule has 0 amide bonds. The van der Waals surface area contributed by atoms with Gasteiger partial charge < -0.3 is 15.5 Å². The third-order valence-corrected chi connectivity index (χ3v) is 2.52. The number of hydrogen-bond acceptors (Lipinski definition) is 4. The van der Waals surface area contributed by atoms with Crippen LogP contribution in [0.1, 0.15) is 24.3 Å². The van der Waals surface area contributed by atoms with Crippen molar-refractivity contribution >= 4 is 11.4 Å². The SMILES string of the molecule is CC(Nc1ccc(C#N)cc1N)c1ccco1. The van der Waals surface area contributed by atoms with E-state index in [1.54, 1.807) is 24.5 Å². The first-order valence-corrected chi connectivity index (χ1v) is 5.30. The average Bonchev–Trinajstić information content (AvgIpc) is 2.85. The van der Waals surface area contributed by atoms with E-state index < -0.39 is 0 Å². The van der Waals surface area contributed by atoms with Crippen LogP contribution in [-0.4, -0.2) is 0 Å². The van der Waals surface area contributed by atoms with Crippen molar-refractivity contribution in [1.29, 1.82) is 5.26 Å². The summed E-state index contributed by atoms with van der Waals surface area (Å²) in [6.45, 7) is 1.98. The zero-order chi connectivity index (χ0) is 12.3. The molecule has 0 aliphatic carbocycles. The average molecular weight is 227 g/mol. The summed E-state index contributed by atoms with van der Waals surface area (Å²) >= 11 is 0. The molecule has 0 aliphatic rings. The van der Waals surface area contributed by atoms with Gasteiger partial charge in [-0.1, -0.05) is 0 Å². The molecule has 2 rings (SSSR count). The molecular formula is C13H13N3O. The second-order valence-electron chi connectivity index (χ2n) is 3.80. The molecule has 0 saturated carbocycles. The van der Waals surface area contributed by atoms with Crippen molar-refractivity contribution < 1.29 is 4.42 Å². The molecule has 1 aromatic heterocycles. The summed E-state index contributed by atoms with van der Waals surface area (Å²) < 4.78 is 5.30. The lowest BCUT2D eigenvalue weighted by Crippen LogP contribution is -2.07. The van der Waals surface area contributed by atoms with Crippen LogP contribution in [0.5, 0.6) is 0 Å². The van der Waals surface area contributed by atoms with Gasteiger partial charge in [-0.25, -0.2) is 0 Å². The van der Waals surface area contributed by atoms with Crippen LogP contribution in [0.4, 0.5) is 11.4 Å². The quantitative estimate of drug-likeness (QED) is 0.790. The lowest BCUT2D eigenvalue weighted by atomic mass is 10.1. The maximum atomic E-state index is 8.74. The van der Waals surface area contributed by atoms with Crippen molar-refractivity contribution in [2.45, 2.75) is 13.0 Å². The summed E-state index contributed by atoms with van der Waals surface area (Å²) in [6, 6.07) is 11.0. The first-order chi connectivity index (χ1) is 8.20. The fourth-order valence-electron chi connectivity index (χ4n) is 1.61. The van der Waals surface area contributed by atoms with Crippen LogP contribution in [-0.2, 0) is 0 Å². The summed E-state index contributed by atoms with van der Waals surface area (Å²) in [6.07, 6.45) is 1.63. The Bertz CT molecular complexity index is 540. The molecule has 1 aromatic carbocycles.